The molecule has 0 atom stereocenters. The second-order valence-electron chi connectivity index (χ2n) is 5.18. The summed E-state index contributed by atoms with van der Waals surface area (Å²) in [6.45, 7) is 0. The van der Waals surface area contributed by atoms with Crippen molar-refractivity contribution in [2.45, 2.75) is 12.8 Å². The fourth-order valence-electron chi connectivity index (χ4n) is 2.28. The zero-order valence-electron chi connectivity index (χ0n) is 12.2. The molecule has 0 fully saturated rings. The SMILES string of the molecule is O=C(CCc1ccc(Cl)cc1)Nc1ccc2oc(=O)ccc2c1. The average molecular weight is 328 g/mol. The minimum Gasteiger partial charge on any atom is -0.423 e. The molecule has 0 bridgehead atoms. The van der Waals surface area contributed by atoms with Crippen LogP contribution in [0.4, 0.5) is 5.69 Å². The van der Waals surface area contributed by atoms with Crippen molar-refractivity contribution in [1.29, 1.82) is 0 Å². The first-order valence-corrected chi connectivity index (χ1v) is 7.56. The molecule has 23 heavy (non-hydrogen) atoms. The smallest absolute Gasteiger partial charge is 0.336 e. The molecule has 0 aliphatic rings. The third-order valence-corrected chi connectivity index (χ3v) is 3.71. The summed E-state index contributed by atoms with van der Waals surface area (Å²) < 4.78 is 5.06. The van der Waals surface area contributed by atoms with Crippen LogP contribution in [0, 0.1) is 0 Å². The van der Waals surface area contributed by atoms with Crippen LogP contribution >= 0.6 is 11.6 Å². The van der Waals surface area contributed by atoms with E-state index in [1.807, 2.05) is 24.3 Å². The van der Waals surface area contributed by atoms with Crippen molar-refractivity contribution in [2.75, 3.05) is 5.32 Å². The van der Waals surface area contributed by atoms with Crippen LogP contribution in [0.25, 0.3) is 11.0 Å². The summed E-state index contributed by atoms with van der Waals surface area (Å²) in [5, 5.41) is 4.29. The van der Waals surface area contributed by atoms with Gasteiger partial charge in [0, 0.05) is 28.6 Å². The fourth-order valence-corrected chi connectivity index (χ4v) is 2.41. The number of carbonyl (C=O) groups is 1. The zero-order chi connectivity index (χ0) is 16.2. The lowest BCUT2D eigenvalue weighted by Gasteiger charge is -2.06. The molecule has 4 nitrogen and oxygen atoms in total. The molecule has 1 amide bonds. The quantitative estimate of drug-likeness (QED) is 0.736. The highest BCUT2D eigenvalue weighted by atomic mass is 35.5. The van der Waals surface area contributed by atoms with Crippen LogP contribution in [0.1, 0.15) is 12.0 Å². The van der Waals surface area contributed by atoms with Crippen molar-refractivity contribution < 1.29 is 9.21 Å². The summed E-state index contributed by atoms with van der Waals surface area (Å²) in [5.41, 5.74) is 1.84. The van der Waals surface area contributed by atoms with Crippen LogP contribution in [0.2, 0.25) is 5.02 Å². The number of halogens is 1. The van der Waals surface area contributed by atoms with E-state index in [0.717, 1.165) is 10.9 Å². The second-order valence-corrected chi connectivity index (χ2v) is 5.62. The normalized spacial score (nSPS) is 10.7. The summed E-state index contributed by atoms with van der Waals surface area (Å²) in [5.74, 6) is -0.0725. The van der Waals surface area contributed by atoms with E-state index in [1.54, 1.807) is 24.3 Å². The Bertz CT molecular complexity index is 900. The van der Waals surface area contributed by atoms with Crippen LogP contribution in [-0.4, -0.2) is 5.91 Å². The topological polar surface area (TPSA) is 59.3 Å². The Labute approximate surface area is 137 Å². The summed E-state index contributed by atoms with van der Waals surface area (Å²) >= 11 is 5.83. The van der Waals surface area contributed by atoms with Gasteiger partial charge in [0.1, 0.15) is 5.58 Å². The van der Waals surface area contributed by atoms with Gasteiger partial charge < -0.3 is 9.73 Å². The maximum atomic E-state index is 12.0. The number of rotatable bonds is 4. The average Bonchev–Trinajstić information content (AvgIpc) is 2.54. The molecule has 0 aliphatic heterocycles. The number of amides is 1. The first-order valence-electron chi connectivity index (χ1n) is 7.18. The molecular formula is C18H14ClNO3. The van der Waals surface area contributed by atoms with Gasteiger partial charge in [0.25, 0.3) is 0 Å². The van der Waals surface area contributed by atoms with Crippen LogP contribution in [0.5, 0.6) is 0 Å². The van der Waals surface area contributed by atoms with Crippen molar-refractivity contribution in [3.63, 3.8) is 0 Å². The lowest BCUT2D eigenvalue weighted by atomic mass is 10.1. The first kappa shape index (κ1) is 15.3. The van der Waals surface area contributed by atoms with Crippen LogP contribution in [0.15, 0.2) is 63.8 Å². The zero-order valence-corrected chi connectivity index (χ0v) is 13.0. The van der Waals surface area contributed by atoms with E-state index >= 15 is 0 Å². The lowest BCUT2D eigenvalue weighted by Crippen LogP contribution is -2.12. The minimum absolute atomic E-state index is 0.0725. The molecule has 1 N–H and O–H groups in total. The molecule has 1 heterocycles. The lowest BCUT2D eigenvalue weighted by molar-refractivity contribution is -0.116. The Balaban J connectivity index is 1.64. The third-order valence-electron chi connectivity index (χ3n) is 3.46. The van der Waals surface area contributed by atoms with E-state index in [-0.39, 0.29) is 5.91 Å². The van der Waals surface area contributed by atoms with Crippen molar-refractivity contribution in [1.82, 2.24) is 0 Å². The summed E-state index contributed by atoms with van der Waals surface area (Å²) in [7, 11) is 0. The van der Waals surface area contributed by atoms with Crippen LogP contribution in [-0.2, 0) is 11.2 Å². The molecule has 0 saturated heterocycles. The molecule has 0 saturated carbocycles. The van der Waals surface area contributed by atoms with Gasteiger partial charge in [-0.2, -0.15) is 0 Å². The standard InChI is InChI=1S/C18H14ClNO3/c19-14-5-1-12(2-6-14)3-9-17(21)20-15-7-8-16-13(11-15)4-10-18(22)23-16/h1-2,4-8,10-11H,3,9H2,(H,20,21). The number of anilines is 1. The first-order chi connectivity index (χ1) is 11.1. The van der Waals surface area contributed by atoms with E-state index in [0.29, 0.717) is 29.1 Å². The Morgan fingerprint density at radius 1 is 1.04 bits per heavy atom. The number of fused-ring (bicyclic) bond motifs is 1. The molecule has 116 valence electrons. The van der Waals surface area contributed by atoms with E-state index < -0.39 is 5.63 Å². The highest BCUT2D eigenvalue weighted by Gasteiger charge is 2.05. The minimum atomic E-state index is -0.391. The summed E-state index contributed by atoms with van der Waals surface area (Å²) in [4.78, 5) is 23.2. The van der Waals surface area contributed by atoms with Gasteiger partial charge in [-0.15, -0.1) is 0 Å². The monoisotopic (exact) mass is 327 g/mol. The van der Waals surface area contributed by atoms with Gasteiger partial charge in [0.2, 0.25) is 5.91 Å². The Hall–Kier alpha value is -2.59. The molecule has 2 aromatic carbocycles. The van der Waals surface area contributed by atoms with E-state index in [2.05, 4.69) is 5.32 Å². The molecule has 0 spiro atoms. The number of hydrogen-bond acceptors (Lipinski definition) is 3. The fraction of sp³-hybridized carbons (Fsp3) is 0.111. The molecule has 1 aromatic heterocycles. The Morgan fingerprint density at radius 2 is 1.83 bits per heavy atom. The van der Waals surface area contributed by atoms with Gasteiger partial charge in [0.05, 0.1) is 0 Å². The van der Waals surface area contributed by atoms with Crippen LogP contribution in [0.3, 0.4) is 0 Å². The molecule has 3 rings (SSSR count). The van der Waals surface area contributed by atoms with E-state index in [1.165, 1.54) is 6.07 Å². The van der Waals surface area contributed by atoms with Gasteiger partial charge in [-0.1, -0.05) is 23.7 Å². The Kier molecular flexibility index (Phi) is 4.44. The van der Waals surface area contributed by atoms with Crippen LogP contribution < -0.4 is 10.9 Å². The van der Waals surface area contributed by atoms with Gasteiger partial charge in [0.15, 0.2) is 0 Å². The van der Waals surface area contributed by atoms with Crippen molar-refractivity contribution in [3.8, 4) is 0 Å². The summed E-state index contributed by atoms with van der Waals surface area (Å²) in [6, 6.07) is 15.6. The van der Waals surface area contributed by atoms with Crippen molar-refractivity contribution in [3.05, 3.63) is 75.6 Å². The molecule has 3 aromatic rings. The predicted molar refractivity (Wildman–Crippen MR) is 90.9 cm³/mol. The van der Waals surface area contributed by atoms with Gasteiger partial charge in [-0.3, -0.25) is 4.79 Å². The molecule has 0 aliphatic carbocycles. The van der Waals surface area contributed by atoms with Gasteiger partial charge >= 0.3 is 5.63 Å². The molecule has 5 heteroatoms. The van der Waals surface area contributed by atoms with E-state index in [9.17, 15) is 9.59 Å². The number of carbonyl (C=O) groups excluding carboxylic acids is 1. The van der Waals surface area contributed by atoms with E-state index in [4.69, 9.17) is 16.0 Å². The van der Waals surface area contributed by atoms with Gasteiger partial charge in [-0.05, 0) is 48.4 Å². The van der Waals surface area contributed by atoms with Crippen molar-refractivity contribution >= 4 is 34.2 Å². The largest absolute Gasteiger partial charge is 0.423 e. The second kappa shape index (κ2) is 6.67. The highest BCUT2D eigenvalue weighted by Crippen LogP contribution is 2.18. The maximum absolute atomic E-state index is 12.0. The maximum Gasteiger partial charge on any atom is 0.336 e. The predicted octanol–water partition coefficient (Wildman–Crippen LogP) is 4.02. The molecule has 0 radical (unpaired) electrons. The number of nitrogens with one attached hydrogen (secondary N) is 1. The van der Waals surface area contributed by atoms with Gasteiger partial charge in [-0.25, -0.2) is 4.79 Å². The number of aryl methyl sites for hydroxylation is 1. The number of hydrogen-bond donors (Lipinski definition) is 1. The summed E-state index contributed by atoms with van der Waals surface area (Å²) in [6.07, 6.45) is 1.02. The molecule has 0 unspecified atom stereocenters. The Morgan fingerprint density at radius 3 is 2.61 bits per heavy atom. The number of benzene rings is 2. The molecular weight excluding hydrogens is 314 g/mol. The van der Waals surface area contributed by atoms with Crippen molar-refractivity contribution in [2.24, 2.45) is 0 Å². The third kappa shape index (κ3) is 3.99. The highest BCUT2D eigenvalue weighted by molar-refractivity contribution is 6.30.